The molecule has 2 amide bonds. The Hall–Kier alpha value is -2.76. The van der Waals surface area contributed by atoms with Gasteiger partial charge >= 0.3 is 0 Å². The van der Waals surface area contributed by atoms with Gasteiger partial charge in [0.1, 0.15) is 11.6 Å². The minimum absolute atomic E-state index is 0.0352. The van der Waals surface area contributed by atoms with Gasteiger partial charge in [0, 0.05) is 31.3 Å². The molecule has 2 aromatic rings. The molecule has 0 aliphatic carbocycles. The largest absolute Gasteiger partial charge is 0.326 e. The van der Waals surface area contributed by atoms with Crippen LogP contribution in [0.25, 0.3) is 0 Å². The second-order valence-corrected chi connectivity index (χ2v) is 4.96. The van der Waals surface area contributed by atoms with E-state index in [1.165, 1.54) is 54.3 Å². The molecular formula is C17H16F2N2O2. The molecule has 23 heavy (non-hydrogen) atoms. The Labute approximate surface area is 132 Å². The van der Waals surface area contributed by atoms with E-state index in [1.54, 1.807) is 6.07 Å². The van der Waals surface area contributed by atoms with Crippen LogP contribution in [0, 0.1) is 11.6 Å². The lowest BCUT2D eigenvalue weighted by Crippen LogP contribution is -2.32. The average Bonchev–Trinajstić information content (AvgIpc) is 2.49. The smallest absolute Gasteiger partial charge is 0.226 e. The number of hydrogen-bond donors (Lipinski definition) is 1. The SMILES string of the molecule is CC(=O)N(CCC(=O)Nc1ccc(F)cc1)c1cccc(F)c1. The second-order valence-electron chi connectivity index (χ2n) is 4.96. The van der Waals surface area contributed by atoms with Crippen molar-refractivity contribution in [3.05, 3.63) is 60.2 Å². The maximum Gasteiger partial charge on any atom is 0.226 e. The molecule has 0 aromatic heterocycles. The second kappa shape index (κ2) is 7.49. The number of rotatable bonds is 5. The molecule has 4 nitrogen and oxygen atoms in total. The van der Waals surface area contributed by atoms with Gasteiger partial charge < -0.3 is 10.2 Å². The highest BCUT2D eigenvalue weighted by Crippen LogP contribution is 2.16. The molecule has 0 unspecified atom stereocenters. The van der Waals surface area contributed by atoms with Gasteiger partial charge in [-0.3, -0.25) is 9.59 Å². The first-order chi connectivity index (χ1) is 11.0. The number of nitrogens with one attached hydrogen (secondary N) is 1. The molecule has 0 radical (unpaired) electrons. The number of anilines is 2. The van der Waals surface area contributed by atoms with Crippen LogP contribution < -0.4 is 10.2 Å². The van der Waals surface area contributed by atoms with E-state index in [4.69, 9.17) is 0 Å². The van der Waals surface area contributed by atoms with E-state index < -0.39 is 11.6 Å². The Kier molecular flexibility index (Phi) is 5.41. The van der Waals surface area contributed by atoms with Crippen LogP contribution in [0.1, 0.15) is 13.3 Å². The van der Waals surface area contributed by atoms with E-state index in [0.717, 1.165) is 0 Å². The van der Waals surface area contributed by atoms with E-state index in [2.05, 4.69) is 5.32 Å². The predicted molar refractivity (Wildman–Crippen MR) is 84.1 cm³/mol. The summed E-state index contributed by atoms with van der Waals surface area (Å²) in [6.45, 7) is 1.47. The van der Waals surface area contributed by atoms with Crippen molar-refractivity contribution in [3.8, 4) is 0 Å². The van der Waals surface area contributed by atoms with Crippen molar-refractivity contribution in [2.45, 2.75) is 13.3 Å². The van der Waals surface area contributed by atoms with Crippen LogP contribution in [0.4, 0.5) is 20.2 Å². The molecule has 0 aliphatic rings. The molecule has 120 valence electrons. The number of carbonyl (C=O) groups is 2. The summed E-state index contributed by atoms with van der Waals surface area (Å²) in [5.74, 6) is -1.45. The fourth-order valence-corrected chi connectivity index (χ4v) is 2.08. The van der Waals surface area contributed by atoms with Crippen LogP contribution >= 0.6 is 0 Å². The molecular weight excluding hydrogens is 302 g/mol. The molecule has 2 aromatic carbocycles. The Morgan fingerprint density at radius 3 is 2.35 bits per heavy atom. The topological polar surface area (TPSA) is 49.4 Å². The lowest BCUT2D eigenvalue weighted by Gasteiger charge is -2.21. The molecule has 0 heterocycles. The van der Waals surface area contributed by atoms with Crippen LogP contribution in [0.15, 0.2) is 48.5 Å². The summed E-state index contributed by atoms with van der Waals surface area (Å²) in [7, 11) is 0. The predicted octanol–water partition coefficient (Wildman–Crippen LogP) is 3.35. The Balaban J connectivity index is 1.97. The summed E-state index contributed by atoms with van der Waals surface area (Å²) in [5.41, 5.74) is 0.864. The quantitative estimate of drug-likeness (QED) is 0.919. The molecule has 0 aliphatic heterocycles. The first-order valence-electron chi connectivity index (χ1n) is 7.05. The fraction of sp³-hybridized carbons (Fsp3) is 0.176. The van der Waals surface area contributed by atoms with E-state index in [-0.39, 0.29) is 24.8 Å². The average molecular weight is 318 g/mol. The van der Waals surface area contributed by atoms with Crippen molar-refractivity contribution >= 4 is 23.2 Å². The van der Waals surface area contributed by atoms with Gasteiger partial charge in [-0.2, -0.15) is 0 Å². The number of carbonyl (C=O) groups excluding carboxylic acids is 2. The van der Waals surface area contributed by atoms with Gasteiger partial charge in [0.25, 0.3) is 0 Å². The summed E-state index contributed by atoms with van der Waals surface area (Å²) in [5, 5.41) is 2.61. The third-order valence-electron chi connectivity index (χ3n) is 3.19. The van der Waals surface area contributed by atoms with Crippen LogP contribution in [0.2, 0.25) is 0 Å². The Morgan fingerprint density at radius 2 is 1.74 bits per heavy atom. The monoisotopic (exact) mass is 318 g/mol. The molecule has 0 bridgehead atoms. The normalized spacial score (nSPS) is 10.2. The van der Waals surface area contributed by atoms with Crippen molar-refractivity contribution < 1.29 is 18.4 Å². The van der Waals surface area contributed by atoms with E-state index in [9.17, 15) is 18.4 Å². The summed E-state index contributed by atoms with van der Waals surface area (Å²) < 4.78 is 26.1. The number of nitrogens with zero attached hydrogens (tertiary/aromatic N) is 1. The lowest BCUT2D eigenvalue weighted by molar-refractivity contribution is -0.117. The van der Waals surface area contributed by atoms with Gasteiger partial charge in [0.05, 0.1) is 0 Å². The van der Waals surface area contributed by atoms with Crippen molar-refractivity contribution in [1.29, 1.82) is 0 Å². The van der Waals surface area contributed by atoms with Crippen LogP contribution in [-0.2, 0) is 9.59 Å². The molecule has 6 heteroatoms. The first-order valence-corrected chi connectivity index (χ1v) is 7.05. The van der Waals surface area contributed by atoms with Gasteiger partial charge in [0.15, 0.2) is 0 Å². The Bertz CT molecular complexity index is 702. The Morgan fingerprint density at radius 1 is 1.04 bits per heavy atom. The fourth-order valence-electron chi connectivity index (χ4n) is 2.08. The van der Waals surface area contributed by atoms with Gasteiger partial charge in [-0.25, -0.2) is 8.78 Å². The number of benzene rings is 2. The van der Waals surface area contributed by atoms with Gasteiger partial charge in [-0.1, -0.05) is 6.07 Å². The van der Waals surface area contributed by atoms with E-state index >= 15 is 0 Å². The highest BCUT2D eigenvalue weighted by atomic mass is 19.1. The van der Waals surface area contributed by atoms with Crippen LogP contribution in [0.3, 0.4) is 0 Å². The van der Waals surface area contributed by atoms with Gasteiger partial charge in [0.2, 0.25) is 11.8 Å². The molecule has 0 saturated carbocycles. The maximum atomic E-state index is 13.3. The molecule has 2 rings (SSSR count). The zero-order chi connectivity index (χ0) is 16.8. The molecule has 0 spiro atoms. The van der Waals surface area contributed by atoms with Crippen LogP contribution in [-0.4, -0.2) is 18.4 Å². The van der Waals surface area contributed by atoms with Crippen molar-refractivity contribution in [2.75, 3.05) is 16.8 Å². The first kappa shape index (κ1) is 16.6. The highest BCUT2D eigenvalue weighted by Gasteiger charge is 2.14. The number of halogens is 2. The standard InChI is InChI=1S/C17H16F2N2O2/c1-12(22)21(16-4-2-3-14(19)11-16)10-9-17(23)20-15-7-5-13(18)6-8-15/h2-8,11H,9-10H2,1H3,(H,20,23). The summed E-state index contributed by atoms with van der Waals surface area (Å²) in [4.78, 5) is 24.9. The molecule has 0 saturated heterocycles. The van der Waals surface area contributed by atoms with Crippen molar-refractivity contribution in [1.82, 2.24) is 0 Å². The van der Waals surface area contributed by atoms with E-state index in [0.29, 0.717) is 11.4 Å². The molecule has 0 atom stereocenters. The van der Waals surface area contributed by atoms with Crippen molar-refractivity contribution in [2.24, 2.45) is 0 Å². The molecule has 0 fully saturated rings. The third-order valence-corrected chi connectivity index (χ3v) is 3.19. The summed E-state index contributed by atoms with van der Waals surface area (Å²) in [6.07, 6.45) is 0.0352. The van der Waals surface area contributed by atoms with Crippen LogP contribution in [0.5, 0.6) is 0 Å². The minimum atomic E-state index is -0.454. The van der Waals surface area contributed by atoms with Gasteiger partial charge in [-0.05, 0) is 42.5 Å². The summed E-state index contributed by atoms with van der Waals surface area (Å²) in [6, 6.07) is 11.0. The zero-order valence-corrected chi connectivity index (χ0v) is 12.6. The summed E-state index contributed by atoms with van der Waals surface area (Å²) >= 11 is 0. The maximum absolute atomic E-state index is 13.3. The zero-order valence-electron chi connectivity index (χ0n) is 12.6. The lowest BCUT2D eigenvalue weighted by atomic mass is 10.2. The van der Waals surface area contributed by atoms with E-state index in [1.807, 2.05) is 0 Å². The highest BCUT2D eigenvalue weighted by molar-refractivity contribution is 5.94. The van der Waals surface area contributed by atoms with Gasteiger partial charge in [-0.15, -0.1) is 0 Å². The minimum Gasteiger partial charge on any atom is -0.326 e. The number of hydrogen-bond acceptors (Lipinski definition) is 2. The number of amides is 2. The third kappa shape index (κ3) is 4.88. The molecule has 1 N–H and O–H groups in total. The van der Waals surface area contributed by atoms with Crippen molar-refractivity contribution in [3.63, 3.8) is 0 Å².